The SMILES string of the molecule is O=C(CCc1ccc(-c2ccccc2)o1)Nc1ccc(CN2C(=O)CCC2=O)cc1. The molecular formula is C24H22N2O4. The fourth-order valence-corrected chi connectivity index (χ4v) is 3.41. The molecule has 1 fully saturated rings. The van der Waals surface area contributed by atoms with Crippen molar-refractivity contribution in [2.75, 3.05) is 5.32 Å². The van der Waals surface area contributed by atoms with Gasteiger partial charge >= 0.3 is 0 Å². The number of nitrogens with zero attached hydrogens (tertiary/aromatic N) is 1. The van der Waals surface area contributed by atoms with Crippen LogP contribution in [0, 0.1) is 0 Å². The van der Waals surface area contributed by atoms with Crippen LogP contribution in [0.1, 0.15) is 30.6 Å². The molecule has 6 nitrogen and oxygen atoms in total. The third kappa shape index (κ3) is 4.66. The first-order valence-electron chi connectivity index (χ1n) is 9.94. The van der Waals surface area contributed by atoms with Gasteiger partial charge in [0.05, 0.1) is 6.54 Å². The molecule has 1 aliphatic rings. The summed E-state index contributed by atoms with van der Waals surface area (Å²) in [6, 6.07) is 20.8. The van der Waals surface area contributed by atoms with Crippen molar-refractivity contribution in [3.05, 3.63) is 78.1 Å². The van der Waals surface area contributed by atoms with E-state index in [0.29, 0.717) is 18.5 Å². The number of amides is 3. The maximum absolute atomic E-state index is 12.3. The van der Waals surface area contributed by atoms with Gasteiger partial charge < -0.3 is 9.73 Å². The Morgan fingerprint density at radius 2 is 1.60 bits per heavy atom. The van der Waals surface area contributed by atoms with Gasteiger partial charge in [0.2, 0.25) is 17.7 Å². The van der Waals surface area contributed by atoms with E-state index in [1.165, 1.54) is 4.90 Å². The van der Waals surface area contributed by atoms with Gasteiger partial charge in [-0.2, -0.15) is 0 Å². The van der Waals surface area contributed by atoms with Crippen molar-refractivity contribution >= 4 is 23.4 Å². The summed E-state index contributed by atoms with van der Waals surface area (Å²) in [5, 5.41) is 2.86. The van der Waals surface area contributed by atoms with Gasteiger partial charge in [0.1, 0.15) is 11.5 Å². The standard InChI is InChI=1S/C24H22N2O4/c27-22(13-11-20-10-12-21(30-20)18-4-2-1-3-5-18)25-19-8-6-17(7-9-19)16-26-23(28)14-15-24(26)29/h1-10,12H,11,13-16H2,(H,25,27). The molecular weight excluding hydrogens is 380 g/mol. The molecule has 0 radical (unpaired) electrons. The number of carbonyl (C=O) groups is 3. The Bertz CT molecular complexity index is 1040. The van der Waals surface area contributed by atoms with E-state index in [9.17, 15) is 14.4 Å². The van der Waals surface area contributed by atoms with E-state index < -0.39 is 0 Å². The second kappa shape index (κ2) is 8.78. The molecule has 0 unspecified atom stereocenters. The van der Waals surface area contributed by atoms with E-state index in [4.69, 9.17) is 4.42 Å². The second-order valence-corrected chi connectivity index (χ2v) is 7.25. The highest BCUT2D eigenvalue weighted by molar-refractivity contribution is 6.01. The summed E-state index contributed by atoms with van der Waals surface area (Å²) in [5.41, 5.74) is 2.53. The number of nitrogens with one attached hydrogen (secondary N) is 1. The topological polar surface area (TPSA) is 79.6 Å². The van der Waals surface area contributed by atoms with E-state index in [1.807, 2.05) is 54.6 Å². The summed E-state index contributed by atoms with van der Waals surface area (Å²) in [6.07, 6.45) is 1.39. The van der Waals surface area contributed by atoms with Crippen LogP contribution < -0.4 is 5.32 Å². The molecule has 0 atom stereocenters. The lowest BCUT2D eigenvalue weighted by Crippen LogP contribution is -2.28. The molecule has 6 heteroatoms. The average Bonchev–Trinajstić information content (AvgIpc) is 3.36. The minimum Gasteiger partial charge on any atom is -0.461 e. The molecule has 30 heavy (non-hydrogen) atoms. The smallest absolute Gasteiger partial charge is 0.229 e. The first-order valence-corrected chi connectivity index (χ1v) is 9.94. The largest absolute Gasteiger partial charge is 0.461 e. The molecule has 0 bridgehead atoms. The van der Waals surface area contributed by atoms with E-state index in [0.717, 1.165) is 22.6 Å². The third-order valence-electron chi connectivity index (χ3n) is 5.05. The van der Waals surface area contributed by atoms with Gasteiger partial charge in [0, 0.05) is 36.9 Å². The number of imide groups is 1. The Labute approximate surface area is 174 Å². The number of furan rings is 1. The van der Waals surface area contributed by atoms with E-state index in [-0.39, 0.29) is 37.1 Å². The van der Waals surface area contributed by atoms with Gasteiger partial charge in [-0.3, -0.25) is 19.3 Å². The lowest BCUT2D eigenvalue weighted by molar-refractivity contribution is -0.139. The number of hydrogen-bond acceptors (Lipinski definition) is 4. The highest BCUT2D eigenvalue weighted by Crippen LogP contribution is 2.22. The molecule has 2 heterocycles. The van der Waals surface area contributed by atoms with Crippen molar-refractivity contribution in [3.63, 3.8) is 0 Å². The van der Waals surface area contributed by atoms with Gasteiger partial charge in [0.15, 0.2) is 0 Å². The zero-order chi connectivity index (χ0) is 20.9. The Morgan fingerprint density at radius 1 is 0.900 bits per heavy atom. The average molecular weight is 402 g/mol. The number of carbonyl (C=O) groups excluding carboxylic acids is 3. The molecule has 1 N–H and O–H groups in total. The van der Waals surface area contributed by atoms with Gasteiger partial charge in [-0.05, 0) is 29.8 Å². The quantitative estimate of drug-likeness (QED) is 0.602. The third-order valence-corrected chi connectivity index (χ3v) is 5.05. The molecule has 0 aliphatic carbocycles. The van der Waals surface area contributed by atoms with Crippen molar-refractivity contribution in [2.24, 2.45) is 0 Å². The molecule has 3 aromatic rings. The van der Waals surface area contributed by atoms with Crippen LogP contribution in [-0.4, -0.2) is 22.6 Å². The first kappa shape index (κ1) is 19.6. The highest BCUT2D eigenvalue weighted by Gasteiger charge is 2.28. The van der Waals surface area contributed by atoms with Gasteiger partial charge in [-0.1, -0.05) is 42.5 Å². The summed E-state index contributed by atoms with van der Waals surface area (Å²) in [7, 11) is 0. The normalized spacial score (nSPS) is 13.7. The fraction of sp³-hybridized carbons (Fsp3) is 0.208. The lowest BCUT2D eigenvalue weighted by Gasteiger charge is -2.14. The van der Waals surface area contributed by atoms with Crippen LogP contribution in [0.25, 0.3) is 11.3 Å². The Kier molecular flexibility index (Phi) is 5.75. The monoisotopic (exact) mass is 402 g/mol. The van der Waals surface area contributed by atoms with Crippen LogP contribution in [0.2, 0.25) is 0 Å². The van der Waals surface area contributed by atoms with Crippen LogP contribution in [0.15, 0.2) is 71.1 Å². The molecule has 1 aromatic heterocycles. The number of likely N-dealkylation sites (tertiary alicyclic amines) is 1. The minimum atomic E-state index is -0.134. The number of benzene rings is 2. The predicted molar refractivity (Wildman–Crippen MR) is 112 cm³/mol. The van der Waals surface area contributed by atoms with Crippen LogP contribution in [0.4, 0.5) is 5.69 Å². The number of aryl methyl sites for hydroxylation is 1. The van der Waals surface area contributed by atoms with Crippen LogP contribution in [-0.2, 0) is 27.3 Å². The van der Waals surface area contributed by atoms with Gasteiger partial charge in [-0.25, -0.2) is 0 Å². The molecule has 4 rings (SSSR count). The maximum atomic E-state index is 12.3. The number of rotatable bonds is 7. The summed E-state index contributed by atoms with van der Waals surface area (Å²) < 4.78 is 5.83. The summed E-state index contributed by atoms with van der Waals surface area (Å²) in [4.78, 5) is 37.0. The second-order valence-electron chi connectivity index (χ2n) is 7.25. The van der Waals surface area contributed by atoms with Crippen molar-refractivity contribution in [3.8, 4) is 11.3 Å². The predicted octanol–water partition coefficient (Wildman–Crippen LogP) is 4.17. The molecule has 0 saturated carbocycles. The lowest BCUT2D eigenvalue weighted by atomic mass is 10.2. The van der Waals surface area contributed by atoms with Crippen molar-refractivity contribution in [2.45, 2.75) is 32.2 Å². The highest BCUT2D eigenvalue weighted by atomic mass is 16.3. The van der Waals surface area contributed by atoms with E-state index in [1.54, 1.807) is 12.1 Å². The molecule has 2 aromatic carbocycles. The Morgan fingerprint density at radius 3 is 2.30 bits per heavy atom. The fourth-order valence-electron chi connectivity index (χ4n) is 3.41. The van der Waals surface area contributed by atoms with Gasteiger partial charge in [0.25, 0.3) is 0 Å². The zero-order valence-corrected chi connectivity index (χ0v) is 16.5. The number of anilines is 1. The molecule has 1 saturated heterocycles. The molecule has 0 spiro atoms. The van der Waals surface area contributed by atoms with E-state index >= 15 is 0 Å². The van der Waals surface area contributed by atoms with Crippen molar-refractivity contribution in [1.82, 2.24) is 4.90 Å². The van der Waals surface area contributed by atoms with E-state index in [2.05, 4.69) is 5.32 Å². The van der Waals surface area contributed by atoms with Crippen LogP contribution >= 0.6 is 0 Å². The maximum Gasteiger partial charge on any atom is 0.229 e. The van der Waals surface area contributed by atoms with Crippen LogP contribution in [0.3, 0.4) is 0 Å². The van der Waals surface area contributed by atoms with Crippen molar-refractivity contribution in [1.29, 1.82) is 0 Å². The summed E-state index contributed by atoms with van der Waals surface area (Å²) in [5.74, 6) is 1.18. The zero-order valence-electron chi connectivity index (χ0n) is 16.5. The first-order chi connectivity index (χ1) is 14.6. The minimum absolute atomic E-state index is 0.106. The van der Waals surface area contributed by atoms with Crippen LogP contribution in [0.5, 0.6) is 0 Å². The molecule has 152 valence electrons. The molecule has 3 amide bonds. The number of hydrogen-bond donors (Lipinski definition) is 1. The Hall–Kier alpha value is -3.67. The van der Waals surface area contributed by atoms with Gasteiger partial charge in [-0.15, -0.1) is 0 Å². The summed E-state index contributed by atoms with van der Waals surface area (Å²) >= 11 is 0. The van der Waals surface area contributed by atoms with Crippen molar-refractivity contribution < 1.29 is 18.8 Å². The Balaban J connectivity index is 1.28. The molecule has 1 aliphatic heterocycles. The summed E-state index contributed by atoms with van der Waals surface area (Å²) in [6.45, 7) is 0.272.